The van der Waals surface area contributed by atoms with E-state index in [4.69, 9.17) is 10.8 Å². The van der Waals surface area contributed by atoms with Gasteiger partial charge in [0.15, 0.2) is 0 Å². The van der Waals surface area contributed by atoms with Crippen LogP contribution >= 0.6 is 11.8 Å². The lowest BCUT2D eigenvalue weighted by atomic mass is 10.0. The van der Waals surface area contributed by atoms with Crippen LogP contribution in [-0.2, 0) is 13.6 Å². The summed E-state index contributed by atoms with van der Waals surface area (Å²) < 4.78 is 1.89. The molecule has 0 atom stereocenters. The molecule has 0 radical (unpaired) electrons. The number of hydrogen-bond donors (Lipinski definition) is 3. The third kappa shape index (κ3) is 3.54. The van der Waals surface area contributed by atoms with Crippen LogP contribution in [0.1, 0.15) is 30.7 Å². The summed E-state index contributed by atoms with van der Waals surface area (Å²) in [6.45, 7) is 6.27. The lowest BCUT2D eigenvalue weighted by Gasteiger charge is -2.10. The third-order valence-corrected chi connectivity index (χ3v) is 6.22. The third-order valence-electron chi connectivity index (χ3n) is 5.22. The number of thioether (sulfide) groups is 1. The van der Waals surface area contributed by atoms with E-state index in [0.29, 0.717) is 23.1 Å². The smallest absolute Gasteiger partial charge is 0.144 e. The first-order chi connectivity index (χ1) is 14.4. The van der Waals surface area contributed by atoms with Crippen LogP contribution in [-0.4, -0.2) is 30.5 Å². The van der Waals surface area contributed by atoms with Crippen LogP contribution in [0.5, 0.6) is 0 Å². The molecule has 3 aromatic rings. The molecule has 0 unspecified atom stereocenters. The minimum absolute atomic E-state index is 0.411. The Labute approximate surface area is 179 Å². The second kappa shape index (κ2) is 7.87. The van der Waals surface area contributed by atoms with Gasteiger partial charge in [-0.15, -0.1) is 0 Å². The molecule has 0 fully saturated rings. The van der Waals surface area contributed by atoms with Crippen molar-refractivity contribution in [1.29, 1.82) is 10.8 Å². The Morgan fingerprint density at radius 3 is 2.53 bits per heavy atom. The van der Waals surface area contributed by atoms with Gasteiger partial charge in [0.05, 0.1) is 22.5 Å². The molecule has 0 amide bonds. The van der Waals surface area contributed by atoms with E-state index < -0.39 is 0 Å². The number of hydrogen-bond acceptors (Lipinski definition) is 7. The first-order valence-electron chi connectivity index (χ1n) is 9.57. The van der Waals surface area contributed by atoms with Gasteiger partial charge in [0.1, 0.15) is 17.2 Å². The molecule has 0 spiro atoms. The monoisotopic (exact) mass is 417 g/mol. The minimum atomic E-state index is 0.411. The standard InChI is InChI=1S/C22H23N7S/c1-12-9-28-29(4)19(12)16-7-5-15(6-8-16)10-25-22-20-18(26-11-27-22)17(21(24)30-20)13(2)14(3)23/h5-9,11,23-24H,10H2,1-4H3,(H,25,26,27)/b17-13-,23-14?,24-21?. The number of anilines is 1. The number of aromatic nitrogens is 4. The van der Waals surface area contributed by atoms with Crippen molar-refractivity contribution in [3.63, 3.8) is 0 Å². The number of nitrogens with zero attached hydrogens (tertiary/aromatic N) is 4. The van der Waals surface area contributed by atoms with Gasteiger partial charge in [0, 0.05) is 30.4 Å². The largest absolute Gasteiger partial charge is 0.365 e. The van der Waals surface area contributed by atoms with Crippen LogP contribution in [0.3, 0.4) is 0 Å². The number of fused-ring (bicyclic) bond motifs is 1. The van der Waals surface area contributed by atoms with E-state index >= 15 is 0 Å². The summed E-state index contributed by atoms with van der Waals surface area (Å²) in [5, 5.41) is 24.4. The van der Waals surface area contributed by atoms with Crippen LogP contribution in [0.25, 0.3) is 16.8 Å². The van der Waals surface area contributed by atoms with Crippen LogP contribution < -0.4 is 5.32 Å². The Morgan fingerprint density at radius 1 is 1.17 bits per heavy atom. The molecule has 7 nitrogen and oxygen atoms in total. The van der Waals surface area contributed by atoms with E-state index in [1.807, 2.05) is 24.9 Å². The quantitative estimate of drug-likeness (QED) is 0.522. The lowest BCUT2D eigenvalue weighted by Crippen LogP contribution is -2.05. The second-order valence-electron chi connectivity index (χ2n) is 7.31. The highest BCUT2D eigenvalue weighted by molar-refractivity contribution is 8.15. The maximum Gasteiger partial charge on any atom is 0.144 e. The van der Waals surface area contributed by atoms with Crippen LogP contribution in [0.2, 0.25) is 0 Å². The zero-order valence-corrected chi connectivity index (χ0v) is 18.2. The molecular formula is C22H23N7S. The molecule has 0 saturated carbocycles. The minimum Gasteiger partial charge on any atom is -0.365 e. The molecule has 0 bridgehead atoms. The van der Waals surface area contributed by atoms with E-state index in [0.717, 1.165) is 44.1 Å². The van der Waals surface area contributed by atoms with Crippen molar-refractivity contribution >= 4 is 33.9 Å². The van der Waals surface area contributed by atoms with Crippen molar-refractivity contribution in [3.05, 3.63) is 59.2 Å². The van der Waals surface area contributed by atoms with Gasteiger partial charge >= 0.3 is 0 Å². The maximum atomic E-state index is 8.34. The fourth-order valence-electron chi connectivity index (χ4n) is 3.50. The molecule has 0 aliphatic carbocycles. The zero-order chi connectivity index (χ0) is 21.4. The summed E-state index contributed by atoms with van der Waals surface area (Å²) in [7, 11) is 1.95. The predicted molar refractivity (Wildman–Crippen MR) is 122 cm³/mol. The lowest BCUT2D eigenvalue weighted by molar-refractivity contribution is 0.775. The summed E-state index contributed by atoms with van der Waals surface area (Å²) in [6, 6.07) is 8.40. The maximum absolute atomic E-state index is 8.34. The Hall–Kier alpha value is -3.26. The average molecular weight is 418 g/mol. The summed E-state index contributed by atoms with van der Waals surface area (Å²) in [6.07, 6.45) is 3.39. The van der Waals surface area contributed by atoms with Crippen LogP contribution in [0, 0.1) is 17.7 Å². The van der Waals surface area contributed by atoms with Crippen molar-refractivity contribution in [3.8, 4) is 11.3 Å². The van der Waals surface area contributed by atoms with Gasteiger partial charge in [-0.25, -0.2) is 9.97 Å². The van der Waals surface area contributed by atoms with Gasteiger partial charge in [-0.2, -0.15) is 5.10 Å². The van der Waals surface area contributed by atoms with E-state index in [1.165, 1.54) is 18.1 Å². The molecular weight excluding hydrogens is 394 g/mol. The van der Waals surface area contributed by atoms with Gasteiger partial charge in [-0.05, 0) is 37.5 Å². The Bertz CT molecular complexity index is 1170. The summed E-state index contributed by atoms with van der Waals surface area (Å²) in [5.41, 5.74) is 7.21. The molecule has 1 aromatic carbocycles. The highest BCUT2D eigenvalue weighted by Crippen LogP contribution is 2.44. The Morgan fingerprint density at radius 2 is 1.90 bits per heavy atom. The number of aryl methyl sites for hydroxylation is 2. The van der Waals surface area contributed by atoms with Crippen LogP contribution in [0.4, 0.5) is 5.82 Å². The number of nitrogens with one attached hydrogen (secondary N) is 3. The molecule has 1 aliphatic heterocycles. The highest BCUT2D eigenvalue weighted by Gasteiger charge is 2.29. The molecule has 4 rings (SSSR count). The van der Waals surface area contributed by atoms with Gasteiger partial charge in [0.2, 0.25) is 0 Å². The fraction of sp³-hybridized carbons (Fsp3) is 0.227. The molecule has 3 heterocycles. The topological polar surface area (TPSA) is 103 Å². The van der Waals surface area contributed by atoms with E-state index in [1.54, 1.807) is 6.92 Å². The normalized spacial score (nSPS) is 14.6. The van der Waals surface area contributed by atoms with Crippen molar-refractivity contribution in [1.82, 2.24) is 19.7 Å². The Balaban J connectivity index is 1.56. The zero-order valence-electron chi connectivity index (χ0n) is 17.4. The molecule has 8 heteroatoms. The number of benzene rings is 1. The van der Waals surface area contributed by atoms with Gasteiger partial charge in [-0.1, -0.05) is 36.0 Å². The fourth-order valence-corrected chi connectivity index (χ4v) is 4.53. The first kappa shape index (κ1) is 20.0. The molecule has 3 N–H and O–H groups in total. The van der Waals surface area contributed by atoms with Crippen molar-refractivity contribution in [2.75, 3.05) is 5.32 Å². The van der Waals surface area contributed by atoms with Gasteiger partial charge < -0.3 is 10.7 Å². The predicted octanol–water partition coefficient (Wildman–Crippen LogP) is 4.69. The van der Waals surface area contributed by atoms with Crippen LogP contribution in [0.15, 0.2) is 47.3 Å². The van der Waals surface area contributed by atoms with E-state index in [-0.39, 0.29) is 0 Å². The first-order valence-corrected chi connectivity index (χ1v) is 10.4. The molecule has 1 aliphatic rings. The van der Waals surface area contributed by atoms with Gasteiger partial charge in [-0.3, -0.25) is 10.1 Å². The van der Waals surface area contributed by atoms with E-state index in [9.17, 15) is 0 Å². The Kier molecular flexibility index (Phi) is 5.26. The number of allylic oxidation sites excluding steroid dienone is 1. The van der Waals surface area contributed by atoms with Crippen molar-refractivity contribution in [2.24, 2.45) is 7.05 Å². The summed E-state index contributed by atoms with van der Waals surface area (Å²) in [5.74, 6) is 0.715. The van der Waals surface area contributed by atoms with Crippen molar-refractivity contribution < 1.29 is 0 Å². The summed E-state index contributed by atoms with van der Waals surface area (Å²) in [4.78, 5) is 9.63. The highest BCUT2D eigenvalue weighted by atomic mass is 32.2. The van der Waals surface area contributed by atoms with Gasteiger partial charge in [0.25, 0.3) is 0 Å². The molecule has 0 saturated heterocycles. The van der Waals surface area contributed by atoms with Crippen molar-refractivity contribution in [2.45, 2.75) is 32.2 Å². The summed E-state index contributed by atoms with van der Waals surface area (Å²) >= 11 is 1.34. The average Bonchev–Trinajstić information content (AvgIpc) is 3.24. The van der Waals surface area contributed by atoms with E-state index in [2.05, 4.69) is 51.6 Å². The number of rotatable bonds is 5. The molecule has 30 heavy (non-hydrogen) atoms. The SMILES string of the molecule is CC(=N)/C(C)=C1\C(=N)Sc2c(NCc3ccc(-c4c(C)cnn4C)cc3)ncnc21. The second-order valence-corrected chi connectivity index (χ2v) is 8.33. The molecule has 2 aromatic heterocycles. The molecule has 152 valence electrons.